The van der Waals surface area contributed by atoms with E-state index in [9.17, 15) is 19.2 Å². The van der Waals surface area contributed by atoms with Gasteiger partial charge >= 0.3 is 12.0 Å². The third kappa shape index (κ3) is 4.75. The lowest BCUT2D eigenvalue weighted by atomic mass is 9.98. The van der Waals surface area contributed by atoms with Gasteiger partial charge in [0.1, 0.15) is 12.1 Å². The molecule has 8 heteroatoms. The summed E-state index contributed by atoms with van der Waals surface area (Å²) in [6, 6.07) is 9.00. The number of ether oxygens (including phenoxy) is 1. The lowest BCUT2D eigenvalue weighted by Gasteiger charge is -2.22. The molecule has 1 aromatic carbocycles. The number of benzene rings is 1. The number of nitrogens with zero attached hydrogens (tertiary/aromatic N) is 2. The Morgan fingerprint density at radius 1 is 1.17 bits per heavy atom. The number of nitrogens with one attached hydrogen (secondary N) is 1. The number of hydrogen-bond acceptors (Lipinski definition) is 5. The van der Waals surface area contributed by atoms with Crippen molar-refractivity contribution in [2.75, 3.05) is 20.2 Å². The maximum atomic E-state index is 12.7. The van der Waals surface area contributed by atoms with E-state index in [-0.39, 0.29) is 37.4 Å². The molecule has 0 atom stereocenters. The molecule has 29 heavy (non-hydrogen) atoms. The van der Waals surface area contributed by atoms with Crippen molar-refractivity contribution in [2.45, 2.75) is 50.6 Å². The number of carbonyl (C=O) groups excluding carboxylic acids is 4. The first-order valence-electron chi connectivity index (χ1n) is 9.98. The highest BCUT2D eigenvalue weighted by Crippen LogP contribution is 2.35. The normalized spacial score (nSPS) is 17.5. The molecular weight excluding hydrogens is 374 g/mol. The minimum atomic E-state index is -0.731. The fraction of sp³-hybridized carbons (Fsp3) is 0.524. The van der Waals surface area contributed by atoms with Gasteiger partial charge in [0.25, 0.3) is 5.91 Å². The molecule has 2 aliphatic rings. The molecule has 2 fully saturated rings. The lowest BCUT2D eigenvalue weighted by Crippen LogP contribution is -2.44. The van der Waals surface area contributed by atoms with Gasteiger partial charge in [0.15, 0.2) is 0 Å². The summed E-state index contributed by atoms with van der Waals surface area (Å²) in [6.45, 7) is 0.340. The number of hydrogen-bond donors (Lipinski definition) is 1. The third-order valence-corrected chi connectivity index (χ3v) is 5.59. The lowest BCUT2D eigenvalue weighted by molar-refractivity contribution is -0.147. The molecule has 8 nitrogen and oxygen atoms in total. The first-order valence-corrected chi connectivity index (χ1v) is 9.98. The van der Waals surface area contributed by atoms with Crippen LogP contribution in [0.1, 0.15) is 44.1 Å². The number of amides is 4. The molecular formula is C21H27N3O5. The van der Waals surface area contributed by atoms with Crippen LogP contribution in [0.2, 0.25) is 0 Å². The van der Waals surface area contributed by atoms with E-state index >= 15 is 0 Å². The van der Waals surface area contributed by atoms with Gasteiger partial charge in [0, 0.05) is 19.5 Å². The van der Waals surface area contributed by atoms with Gasteiger partial charge in [-0.2, -0.15) is 0 Å². The van der Waals surface area contributed by atoms with Crippen LogP contribution in [0.5, 0.6) is 0 Å². The Hall–Kier alpha value is -2.90. The molecule has 1 N–H and O–H groups in total. The second kappa shape index (κ2) is 9.07. The van der Waals surface area contributed by atoms with Crippen LogP contribution in [-0.2, 0) is 25.7 Å². The van der Waals surface area contributed by atoms with Crippen molar-refractivity contribution in [1.29, 1.82) is 0 Å². The SMILES string of the molecule is COC(=O)CN(Cc1ccccc1)C(=O)CCCN1C(=O)NC2(CCCC2)C1=O. The van der Waals surface area contributed by atoms with E-state index in [1.165, 1.54) is 16.9 Å². The van der Waals surface area contributed by atoms with Gasteiger partial charge in [-0.1, -0.05) is 43.2 Å². The molecule has 156 valence electrons. The number of carbonyl (C=O) groups is 4. The van der Waals surface area contributed by atoms with E-state index in [4.69, 9.17) is 4.74 Å². The van der Waals surface area contributed by atoms with Crippen LogP contribution in [0, 0.1) is 0 Å². The second-order valence-electron chi connectivity index (χ2n) is 7.59. The van der Waals surface area contributed by atoms with Gasteiger partial charge in [-0.05, 0) is 24.8 Å². The minimum absolute atomic E-state index is 0.133. The molecule has 1 saturated heterocycles. The summed E-state index contributed by atoms with van der Waals surface area (Å²) in [5.41, 5.74) is 0.174. The quantitative estimate of drug-likeness (QED) is 0.530. The molecule has 1 aromatic rings. The van der Waals surface area contributed by atoms with Crippen LogP contribution in [-0.4, -0.2) is 59.4 Å². The Balaban J connectivity index is 1.56. The first-order chi connectivity index (χ1) is 13.9. The molecule has 4 amide bonds. The van der Waals surface area contributed by atoms with Crippen LogP contribution in [0.15, 0.2) is 30.3 Å². The van der Waals surface area contributed by atoms with Gasteiger partial charge in [-0.25, -0.2) is 4.79 Å². The van der Waals surface area contributed by atoms with Crippen LogP contribution >= 0.6 is 0 Å². The maximum Gasteiger partial charge on any atom is 0.325 e. The summed E-state index contributed by atoms with van der Waals surface area (Å²) in [4.78, 5) is 51.9. The Morgan fingerprint density at radius 2 is 1.86 bits per heavy atom. The van der Waals surface area contributed by atoms with Crippen molar-refractivity contribution in [3.63, 3.8) is 0 Å². The smallest absolute Gasteiger partial charge is 0.325 e. The zero-order valence-corrected chi connectivity index (χ0v) is 16.7. The highest BCUT2D eigenvalue weighted by atomic mass is 16.5. The highest BCUT2D eigenvalue weighted by molar-refractivity contribution is 6.07. The fourth-order valence-electron chi connectivity index (χ4n) is 4.00. The van der Waals surface area contributed by atoms with Crippen molar-refractivity contribution in [3.05, 3.63) is 35.9 Å². The van der Waals surface area contributed by atoms with E-state index < -0.39 is 11.5 Å². The van der Waals surface area contributed by atoms with Gasteiger partial charge in [-0.3, -0.25) is 19.3 Å². The molecule has 1 spiro atoms. The fourth-order valence-corrected chi connectivity index (χ4v) is 4.00. The predicted molar refractivity (Wildman–Crippen MR) is 105 cm³/mol. The number of rotatable bonds is 8. The topological polar surface area (TPSA) is 96.0 Å². The standard InChI is InChI=1S/C21H27N3O5/c1-29-18(26)15-23(14-16-8-3-2-4-9-16)17(25)10-7-13-24-19(27)21(22-20(24)28)11-5-6-12-21/h2-4,8-9H,5-7,10-15H2,1H3,(H,22,28). The average Bonchev–Trinajstić information content (AvgIpc) is 3.28. The van der Waals surface area contributed by atoms with E-state index in [1.807, 2.05) is 30.3 Å². The van der Waals surface area contributed by atoms with Gasteiger partial charge < -0.3 is 15.0 Å². The summed E-state index contributed by atoms with van der Waals surface area (Å²) in [5, 5.41) is 2.84. The monoisotopic (exact) mass is 401 g/mol. The summed E-state index contributed by atoms with van der Waals surface area (Å²) in [7, 11) is 1.28. The third-order valence-electron chi connectivity index (χ3n) is 5.59. The molecule has 0 unspecified atom stereocenters. The molecule has 0 radical (unpaired) electrons. The zero-order valence-electron chi connectivity index (χ0n) is 16.7. The summed E-state index contributed by atoms with van der Waals surface area (Å²) in [5.74, 6) is -0.892. The molecule has 1 saturated carbocycles. The van der Waals surface area contributed by atoms with Crippen LogP contribution in [0.3, 0.4) is 0 Å². The molecule has 3 rings (SSSR count). The molecule has 1 aliphatic carbocycles. The number of methoxy groups -OCH3 is 1. The second-order valence-corrected chi connectivity index (χ2v) is 7.59. The molecule has 1 aliphatic heterocycles. The van der Waals surface area contributed by atoms with Gasteiger partial charge in [0.2, 0.25) is 5.91 Å². The highest BCUT2D eigenvalue weighted by Gasteiger charge is 2.52. The Labute approximate surface area is 170 Å². The summed E-state index contributed by atoms with van der Waals surface area (Å²) < 4.78 is 4.70. The van der Waals surface area contributed by atoms with Gasteiger partial charge in [-0.15, -0.1) is 0 Å². The van der Waals surface area contributed by atoms with Crippen LogP contribution in [0.25, 0.3) is 0 Å². The largest absolute Gasteiger partial charge is 0.468 e. The van der Waals surface area contributed by atoms with Crippen molar-refractivity contribution >= 4 is 23.8 Å². The Morgan fingerprint density at radius 3 is 2.52 bits per heavy atom. The van der Waals surface area contributed by atoms with Crippen LogP contribution < -0.4 is 5.32 Å². The predicted octanol–water partition coefficient (Wildman–Crippen LogP) is 1.83. The first kappa shape index (κ1) is 20.8. The molecule has 0 aromatic heterocycles. The number of imide groups is 1. The number of urea groups is 1. The average molecular weight is 401 g/mol. The maximum absolute atomic E-state index is 12.7. The number of esters is 1. The Kier molecular flexibility index (Phi) is 6.51. The van der Waals surface area contributed by atoms with Gasteiger partial charge in [0.05, 0.1) is 7.11 Å². The van der Waals surface area contributed by atoms with Crippen LogP contribution in [0.4, 0.5) is 4.79 Å². The van der Waals surface area contributed by atoms with E-state index in [0.717, 1.165) is 18.4 Å². The van der Waals surface area contributed by atoms with E-state index in [2.05, 4.69) is 5.32 Å². The van der Waals surface area contributed by atoms with Crippen molar-refractivity contribution in [1.82, 2.24) is 15.1 Å². The van der Waals surface area contributed by atoms with Crippen molar-refractivity contribution in [2.24, 2.45) is 0 Å². The Bertz CT molecular complexity index is 774. The minimum Gasteiger partial charge on any atom is -0.468 e. The molecule has 0 bridgehead atoms. The van der Waals surface area contributed by atoms with E-state index in [1.54, 1.807) is 0 Å². The van der Waals surface area contributed by atoms with Crippen molar-refractivity contribution < 1.29 is 23.9 Å². The van der Waals surface area contributed by atoms with Crippen molar-refractivity contribution in [3.8, 4) is 0 Å². The summed E-state index contributed by atoms with van der Waals surface area (Å²) >= 11 is 0. The molecule has 1 heterocycles. The summed E-state index contributed by atoms with van der Waals surface area (Å²) in [6.07, 6.45) is 3.70. The van der Waals surface area contributed by atoms with E-state index in [0.29, 0.717) is 25.8 Å². The zero-order chi connectivity index (χ0) is 20.9.